The molecule has 0 heterocycles. The lowest BCUT2D eigenvalue weighted by Crippen LogP contribution is -2.43. The van der Waals surface area contributed by atoms with E-state index in [1.807, 2.05) is 11.8 Å². The molecule has 0 aromatic heterocycles. The fraction of sp³-hybridized carbons (Fsp3) is 0.917. The highest BCUT2D eigenvalue weighted by Crippen LogP contribution is 2.27. The number of hydrogen-bond donors (Lipinski definition) is 3. The van der Waals surface area contributed by atoms with Crippen molar-refractivity contribution in [1.29, 1.82) is 0 Å². The summed E-state index contributed by atoms with van der Waals surface area (Å²) < 4.78 is 0. The Balaban J connectivity index is 2.39. The maximum atomic E-state index is 8.60. The van der Waals surface area contributed by atoms with E-state index in [1.54, 1.807) is 0 Å². The Kier molecular flexibility index (Phi) is 6.73. The van der Waals surface area contributed by atoms with Gasteiger partial charge in [-0.05, 0) is 31.9 Å². The van der Waals surface area contributed by atoms with E-state index < -0.39 is 0 Å². The van der Waals surface area contributed by atoms with Crippen LogP contribution in [0.4, 0.5) is 0 Å². The van der Waals surface area contributed by atoms with E-state index in [0.29, 0.717) is 24.3 Å². The zero-order chi connectivity index (χ0) is 12.7. The summed E-state index contributed by atoms with van der Waals surface area (Å²) in [4.78, 5) is 0. The molecule has 1 aliphatic rings. The van der Waals surface area contributed by atoms with Gasteiger partial charge in [-0.1, -0.05) is 18.5 Å². The monoisotopic (exact) mass is 259 g/mol. The van der Waals surface area contributed by atoms with Gasteiger partial charge in [0.05, 0.1) is 0 Å². The van der Waals surface area contributed by atoms with Gasteiger partial charge in [-0.25, -0.2) is 0 Å². The molecule has 1 rings (SSSR count). The van der Waals surface area contributed by atoms with Crippen LogP contribution in [0.1, 0.15) is 45.4 Å². The molecule has 1 saturated carbocycles. The van der Waals surface area contributed by atoms with Crippen molar-refractivity contribution in [2.24, 2.45) is 10.9 Å². The summed E-state index contributed by atoms with van der Waals surface area (Å²) >= 11 is 1.97. The topological polar surface area (TPSA) is 70.6 Å². The zero-order valence-corrected chi connectivity index (χ0v) is 11.7. The van der Waals surface area contributed by atoms with Crippen molar-refractivity contribution in [2.75, 3.05) is 6.26 Å². The van der Waals surface area contributed by atoms with Gasteiger partial charge >= 0.3 is 0 Å². The number of rotatable bonds is 6. The quantitative estimate of drug-likeness (QED) is 0.296. The van der Waals surface area contributed by atoms with Crippen molar-refractivity contribution in [1.82, 2.24) is 5.32 Å². The Morgan fingerprint density at radius 1 is 1.59 bits per heavy atom. The van der Waals surface area contributed by atoms with Crippen LogP contribution in [0.2, 0.25) is 0 Å². The van der Waals surface area contributed by atoms with Gasteiger partial charge in [0, 0.05) is 23.8 Å². The van der Waals surface area contributed by atoms with E-state index in [1.165, 1.54) is 25.7 Å². The van der Waals surface area contributed by atoms with Crippen molar-refractivity contribution in [3.05, 3.63) is 0 Å². The number of amidine groups is 1. The van der Waals surface area contributed by atoms with E-state index in [-0.39, 0.29) is 0 Å². The lowest BCUT2D eigenvalue weighted by atomic mass is 9.93. The minimum absolute atomic E-state index is 0.321. The summed E-state index contributed by atoms with van der Waals surface area (Å²) in [6, 6.07) is 0.925. The van der Waals surface area contributed by atoms with Gasteiger partial charge in [-0.15, -0.1) is 0 Å². The first-order valence-corrected chi connectivity index (χ1v) is 7.73. The first kappa shape index (κ1) is 14.6. The van der Waals surface area contributed by atoms with Crippen molar-refractivity contribution in [2.45, 2.75) is 62.8 Å². The molecule has 1 aliphatic carbocycles. The number of hydrogen-bond acceptors (Lipinski definition) is 4. The Morgan fingerprint density at radius 2 is 2.35 bits per heavy atom. The van der Waals surface area contributed by atoms with E-state index in [9.17, 15) is 0 Å². The largest absolute Gasteiger partial charge is 0.409 e. The smallest absolute Gasteiger partial charge is 0.140 e. The lowest BCUT2D eigenvalue weighted by molar-refractivity contribution is 0.311. The second-order valence-corrected chi connectivity index (χ2v) is 5.93. The first-order chi connectivity index (χ1) is 8.19. The number of thioether (sulfide) groups is 1. The SMILES string of the molecule is CCC(CC(N)=NO)NC1CCCC(SC)C1. The molecule has 3 unspecified atom stereocenters. The molecule has 0 saturated heterocycles. The molecular weight excluding hydrogens is 234 g/mol. The lowest BCUT2D eigenvalue weighted by Gasteiger charge is -2.31. The highest BCUT2D eigenvalue weighted by Gasteiger charge is 2.23. The Hall–Kier alpha value is -0.420. The summed E-state index contributed by atoms with van der Waals surface area (Å²) in [6.07, 6.45) is 8.99. The molecule has 0 bridgehead atoms. The normalized spacial score (nSPS) is 28.0. The minimum atomic E-state index is 0.321. The molecule has 3 atom stereocenters. The molecule has 0 aromatic rings. The Morgan fingerprint density at radius 3 is 2.94 bits per heavy atom. The summed E-state index contributed by atoms with van der Waals surface area (Å²) in [7, 11) is 0. The minimum Gasteiger partial charge on any atom is -0.409 e. The van der Waals surface area contributed by atoms with Crippen LogP contribution in [0.15, 0.2) is 5.16 Å². The van der Waals surface area contributed by atoms with E-state index in [2.05, 4.69) is 23.7 Å². The number of nitrogens with two attached hydrogens (primary N) is 1. The summed E-state index contributed by atoms with van der Waals surface area (Å²) in [5, 5.41) is 16.1. The van der Waals surface area contributed by atoms with Crippen LogP contribution in [-0.2, 0) is 0 Å². The van der Waals surface area contributed by atoms with Crippen LogP contribution in [0, 0.1) is 0 Å². The van der Waals surface area contributed by atoms with Gasteiger partial charge in [0.25, 0.3) is 0 Å². The van der Waals surface area contributed by atoms with Gasteiger partial charge in [0.2, 0.25) is 0 Å². The van der Waals surface area contributed by atoms with E-state index in [4.69, 9.17) is 10.9 Å². The predicted molar refractivity (Wildman–Crippen MR) is 74.8 cm³/mol. The molecule has 1 fully saturated rings. The van der Waals surface area contributed by atoms with Crippen LogP contribution >= 0.6 is 11.8 Å². The average Bonchev–Trinajstić information content (AvgIpc) is 2.37. The maximum Gasteiger partial charge on any atom is 0.140 e. The third-order valence-electron chi connectivity index (χ3n) is 3.51. The van der Waals surface area contributed by atoms with Crippen molar-refractivity contribution in [3.63, 3.8) is 0 Å². The summed E-state index contributed by atoms with van der Waals surface area (Å²) in [5.74, 6) is 0.321. The van der Waals surface area contributed by atoms with Crippen molar-refractivity contribution >= 4 is 17.6 Å². The molecule has 17 heavy (non-hydrogen) atoms. The Labute approximate surface area is 108 Å². The van der Waals surface area contributed by atoms with Gasteiger partial charge in [-0.2, -0.15) is 11.8 Å². The molecule has 0 amide bonds. The van der Waals surface area contributed by atoms with Crippen LogP contribution in [0.5, 0.6) is 0 Å². The van der Waals surface area contributed by atoms with Crippen LogP contribution in [0.3, 0.4) is 0 Å². The van der Waals surface area contributed by atoms with Crippen molar-refractivity contribution < 1.29 is 5.21 Å². The van der Waals surface area contributed by atoms with Gasteiger partial charge in [-0.3, -0.25) is 0 Å². The number of oxime groups is 1. The highest BCUT2D eigenvalue weighted by atomic mass is 32.2. The third-order valence-corrected chi connectivity index (χ3v) is 4.60. The average molecular weight is 259 g/mol. The maximum absolute atomic E-state index is 8.60. The molecule has 0 aliphatic heterocycles. The molecule has 4 nitrogen and oxygen atoms in total. The zero-order valence-electron chi connectivity index (χ0n) is 10.9. The van der Waals surface area contributed by atoms with Crippen LogP contribution in [0.25, 0.3) is 0 Å². The molecule has 4 N–H and O–H groups in total. The summed E-state index contributed by atoms with van der Waals surface area (Å²) in [6.45, 7) is 2.14. The fourth-order valence-corrected chi connectivity index (χ4v) is 3.29. The van der Waals surface area contributed by atoms with Gasteiger partial charge in [0.15, 0.2) is 0 Å². The number of nitrogens with one attached hydrogen (secondary N) is 1. The van der Waals surface area contributed by atoms with Gasteiger partial charge in [0.1, 0.15) is 5.84 Å². The van der Waals surface area contributed by atoms with Crippen LogP contribution < -0.4 is 11.1 Å². The molecule has 5 heteroatoms. The standard InChI is InChI=1S/C12H25N3OS/c1-3-9(8-12(13)15-16)14-10-5-4-6-11(7-10)17-2/h9-11,14,16H,3-8H2,1-2H3,(H2,13,15). The van der Waals surface area contributed by atoms with Gasteiger partial charge < -0.3 is 16.3 Å². The van der Waals surface area contributed by atoms with Crippen LogP contribution in [-0.4, -0.2) is 34.6 Å². The second kappa shape index (κ2) is 7.82. The first-order valence-electron chi connectivity index (χ1n) is 6.44. The molecule has 0 spiro atoms. The molecule has 0 radical (unpaired) electrons. The highest BCUT2D eigenvalue weighted by molar-refractivity contribution is 7.99. The molecular formula is C12H25N3OS. The third kappa shape index (κ3) is 5.17. The molecule has 0 aromatic carbocycles. The van der Waals surface area contributed by atoms with E-state index in [0.717, 1.165) is 11.7 Å². The predicted octanol–water partition coefficient (Wildman–Crippen LogP) is 2.17. The fourth-order valence-electron chi connectivity index (χ4n) is 2.46. The Bertz CT molecular complexity index is 248. The molecule has 100 valence electrons. The summed E-state index contributed by atoms with van der Waals surface area (Å²) in [5.41, 5.74) is 5.56. The second-order valence-electron chi connectivity index (χ2n) is 4.79. The van der Waals surface area contributed by atoms with E-state index >= 15 is 0 Å². The van der Waals surface area contributed by atoms with Crippen molar-refractivity contribution in [3.8, 4) is 0 Å². The number of nitrogens with zero attached hydrogens (tertiary/aromatic N) is 1.